The molecule has 122 valence electrons. The average Bonchev–Trinajstić information content (AvgIpc) is 2.62. The molecule has 2 aromatic rings. The number of nitrogens with zero attached hydrogens (tertiary/aromatic N) is 4. The Kier molecular flexibility index (Phi) is 4.76. The summed E-state index contributed by atoms with van der Waals surface area (Å²) in [6.45, 7) is 7.64. The summed E-state index contributed by atoms with van der Waals surface area (Å²) in [6, 6.07) is 8.23. The summed E-state index contributed by atoms with van der Waals surface area (Å²) in [4.78, 5) is 13.7. The number of hydrogen-bond donors (Lipinski definition) is 0. The van der Waals surface area contributed by atoms with Crippen molar-refractivity contribution in [2.45, 2.75) is 19.8 Å². The lowest BCUT2D eigenvalue weighted by molar-refractivity contribution is 0.122. The van der Waals surface area contributed by atoms with Gasteiger partial charge in [0.05, 0.1) is 18.9 Å². The van der Waals surface area contributed by atoms with Crippen LogP contribution < -0.4 is 9.80 Å². The summed E-state index contributed by atoms with van der Waals surface area (Å²) in [6.07, 6.45) is 3.70. The van der Waals surface area contributed by atoms with Crippen molar-refractivity contribution in [2.24, 2.45) is 0 Å². The molecule has 0 amide bonds. The van der Waals surface area contributed by atoms with E-state index < -0.39 is 0 Å². The van der Waals surface area contributed by atoms with Gasteiger partial charge in [-0.1, -0.05) is 19.9 Å². The maximum Gasteiger partial charge on any atom is 0.152 e. The topological polar surface area (TPSA) is 41.5 Å². The van der Waals surface area contributed by atoms with Crippen LogP contribution in [0.3, 0.4) is 0 Å². The van der Waals surface area contributed by atoms with Crippen LogP contribution in [-0.4, -0.2) is 43.3 Å². The van der Waals surface area contributed by atoms with Crippen LogP contribution in [-0.2, 0) is 4.74 Å². The monoisotopic (exact) mass is 312 g/mol. The lowest BCUT2D eigenvalue weighted by atomic mass is 10.0. The van der Waals surface area contributed by atoms with Gasteiger partial charge in [-0.3, -0.25) is 0 Å². The number of ether oxygens (including phenoxy) is 1. The summed E-state index contributed by atoms with van der Waals surface area (Å²) in [7, 11) is 2.06. The quantitative estimate of drug-likeness (QED) is 0.867. The van der Waals surface area contributed by atoms with Gasteiger partial charge in [-0.15, -0.1) is 0 Å². The third-order valence-corrected chi connectivity index (χ3v) is 4.19. The third-order valence-electron chi connectivity index (χ3n) is 4.19. The summed E-state index contributed by atoms with van der Waals surface area (Å²) < 4.78 is 5.46. The lowest BCUT2D eigenvalue weighted by Crippen LogP contribution is -2.37. The standard InChI is InChI=1S/C18H24N4O/c1-14(2)15-6-4-8-19-17(15)21(3)16-7-5-9-20-18(16)22-10-12-23-13-11-22/h4-9,14H,10-13H2,1-3H3. The Morgan fingerprint density at radius 1 is 1.09 bits per heavy atom. The number of morpholine rings is 1. The fraction of sp³-hybridized carbons (Fsp3) is 0.444. The van der Waals surface area contributed by atoms with E-state index in [0.29, 0.717) is 5.92 Å². The molecule has 1 saturated heterocycles. The van der Waals surface area contributed by atoms with Gasteiger partial charge >= 0.3 is 0 Å². The molecule has 3 heterocycles. The van der Waals surface area contributed by atoms with Crippen molar-refractivity contribution in [3.05, 3.63) is 42.2 Å². The van der Waals surface area contributed by atoms with E-state index in [-0.39, 0.29) is 0 Å². The van der Waals surface area contributed by atoms with Gasteiger partial charge in [-0.2, -0.15) is 0 Å². The molecule has 0 unspecified atom stereocenters. The fourth-order valence-corrected chi connectivity index (χ4v) is 2.92. The van der Waals surface area contributed by atoms with Crippen molar-refractivity contribution in [1.82, 2.24) is 9.97 Å². The van der Waals surface area contributed by atoms with Crippen LogP contribution in [0, 0.1) is 0 Å². The first kappa shape index (κ1) is 15.7. The van der Waals surface area contributed by atoms with Crippen molar-refractivity contribution in [2.75, 3.05) is 43.2 Å². The normalized spacial score (nSPS) is 15.0. The van der Waals surface area contributed by atoms with E-state index in [1.54, 1.807) is 0 Å². The Morgan fingerprint density at radius 3 is 2.52 bits per heavy atom. The molecule has 5 heteroatoms. The Labute approximate surface area is 137 Å². The highest BCUT2D eigenvalue weighted by atomic mass is 16.5. The van der Waals surface area contributed by atoms with E-state index in [1.165, 1.54) is 5.56 Å². The van der Waals surface area contributed by atoms with E-state index in [0.717, 1.165) is 43.6 Å². The molecule has 5 nitrogen and oxygen atoms in total. The minimum atomic E-state index is 0.421. The van der Waals surface area contributed by atoms with E-state index >= 15 is 0 Å². The molecule has 1 aliphatic rings. The van der Waals surface area contributed by atoms with Crippen molar-refractivity contribution in [3.8, 4) is 0 Å². The second-order valence-corrected chi connectivity index (χ2v) is 6.08. The molecule has 2 aromatic heterocycles. The summed E-state index contributed by atoms with van der Waals surface area (Å²) in [5, 5.41) is 0. The number of anilines is 3. The predicted molar refractivity (Wildman–Crippen MR) is 93.7 cm³/mol. The van der Waals surface area contributed by atoms with Gasteiger partial charge in [0.1, 0.15) is 5.82 Å². The van der Waals surface area contributed by atoms with Crippen LogP contribution in [0.4, 0.5) is 17.3 Å². The smallest absolute Gasteiger partial charge is 0.152 e. The second kappa shape index (κ2) is 6.96. The lowest BCUT2D eigenvalue weighted by Gasteiger charge is -2.32. The van der Waals surface area contributed by atoms with Gasteiger partial charge in [0.25, 0.3) is 0 Å². The molecule has 0 radical (unpaired) electrons. The van der Waals surface area contributed by atoms with Gasteiger partial charge in [0.15, 0.2) is 5.82 Å². The minimum absolute atomic E-state index is 0.421. The summed E-state index contributed by atoms with van der Waals surface area (Å²) in [5.74, 6) is 2.41. The van der Waals surface area contributed by atoms with E-state index in [1.807, 2.05) is 24.5 Å². The zero-order valence-corrected chi connectivity index (χ0v) is 14.1. The molecule has 1 aliphatic heterocycles. The Bertz CT molecular complexity index is 653. The van der Waals surface area contributed by atoms with E-state index in [4.69, 9.17) is 4.74 Å². The molecule has 3 rings (SSSR count). The summed E-state index contributed by atoms with van der Waals surface area (Å²) in [5.41, 5.74) is 2.32. The van der Waals surface area contributed by atoms with Crippen molar-refractivity contribution < 1.29 is 4.74 Å². The first-order valence-corrected chi connectivity index (χ1v) is 8.15. The molecule has 0 bridgehead atoms. The molecular formula is C18H24N4O. The van der Waals surface area contributed by atoms with Crippen molar-refractivity contribution in [1.29, 1.82) is 0 Å². The SMILES string of the molecule is CC(C)c1cccnc1N(C)c1cccnc1N1CCOCC1. The maximum absolute atomic E-state index is 5.46. The first-order valence-electron chi connectivity index (χ1n) is 8.15. The fourth-order valence-electron chi connectivity index (χ4n) is 2.92. The zero-order valence-electron chi connectivity index (χ0n) is 14.1. The molecular weight excluding hydrogens is 288 g/mol. The number of hydrogen-bond acceptors (Lipinski definition) is 5. The van der Waals surface area contributed by atoms with Crippen molar-refractivity contribution in [3.63, 3.8) is 0 Å². The number of aromatic nitrogens is 2. The van der Waals surface area contributed by atoms with Gasteiger partial charge < -0.3 is 14.5 Å². The number of pyridine rings is 2. The van der Waals surface area contributed by atoms with E-state index in [9.17, 15) is 0 Å². The van der Waals surface area contributed by atoms with Gasteiger partial charge in [-0.05, 0) is 29.7 Å². The Morgan fingerprint density at radius 2 is 1.78 bits per heavy atom. The average molecular weight is 312 g/mol. The van der Waals surface area contributed by atoms with Gasteiger partial charge in [0.2, 0.25) is 0 Å². The van der Waals surface area contributed by atoms with Crippen molar-refractivity contribution >= 4 is 17.3 Å². The number of rotatable bonds is 4. The molecule has 0 spiro atoms. The molecule has 0 aromatic carbocycles. The highest BCUT2D eigenvalue weighted by Crippen LogP contribution is 2.34. The van der Waals surface area contributed by atoms with Gasteiger partial charge in [-0.25, -0.2) is 9.97 Å². The zero-order chi connectivity index (χ0) is 16.2. The predicted octanol–water partition coefficient (Wildman–Crippen LogP) is 3.20. The molecule has 0 atom stereocenters. The molecule has 0 saturated carbocycles. The Balaban J connectivity index is 1.98. The molecule has 1 fully saturated rings. The second-order valence-electron chi connectivity index (χ2n) is 6.08. The van der Waals surface area contributed by atoms with Crippen LogP contribution in [0.15, 0.2) is 36.7 Å². The molecule has 0 aliphatic carbocycles. The minimum Gasteiger partial charge on any atom is -0.378 e. The highest BCUT2D eigenvalue weighted by molar-refractivity contribution is 5.74. The highest BCUT2D eigenvalue weighted by Gasteiger charge is 2.20. The van der Waals surface area contributed by atoms with E-state index in [2.05, 4.69) is 52.8 Å². The van der Waals surface area contributed by atoms with Crippen LogP contribution in [0.1, 0.15) is 25.3 Å². The van der Waals surface area contributed by atoms with Gasteiger partial charge in [0, 0.05) is 32.5 Å². The van der Waals surface area contributed by atoms with Crippen LogP contribution in [0.25, 0.3) is 0 Å². The summed E-state index contributed by atoms with van der Waals surface area (Å²) >= 11 is 0. The van der Waals surface area contributed by atoms with Crippen LogP contribution in [0.2, 0.25) is 0 Å². The third kappa shape index (κ3) is 3.29. The van der Waals surface area contributed by atoms with Crippen LogP contribution in [0.5, 0.6) is 0 Å². The molecule has 23 heavy (non-hydrogen) atoms. The Hall–Kier alpha value is -2.14. The first-order chi connectivity index (χ1) is 11.2. The van der Waals surface area contributed by atoms with Crippen LogP contribution >= 0.6 is 0 Å². The largest absolute Gasteiger partial charge is 0.378 e. The molecule has 0 N–H and O–H groups in total. The maximum atomic E-state index is 5.46.